The van der Waals surface area contributed by atoms with E-state index in [0.717, 1.165) is 27.7 Å². The molecule has 0 aliphatic carbocycles. The first-order chi connectivity index (χ1) is 10.1. The van der Waals surface area contributed by atoms with E-state index in [1.165, 1.54) is 6.07 Å². The fourth-order valence-corrected chi connectivity index (χ4v) is 2.43. The van der Waals surface area contributed by atoms with Crippen molar-refractivity contribution >= 4 is 16.6 Å². The quantitative estimate of drug-likeness (QED) is 0.758. The number of para-hydroxylation sites is 1. The van der Waals surface area contributed by atoms with Gasteiger partial charge in [0.25, 0.3) is 0 Å². The molecular weight excluding hydrogens is 263 g/mol. The van der Waals surface area contributed by atoms with E-state index in [2.05, 4.69) is 22.4 Å². The van der Waals surface area contributed by atoms with E-state index < -0.39 is 0 Å². The Hall–Kier alpha value is -2.42. The molecule has 0 amide bonds. The molecule has 2 nitrogen and oxygen atoms in total. The summed E-state index contributed by atoms with van der Waals surface area (Å²) in [6, 6.07) is 15.3. The Bertz CT molecular complexity index is 776. The van der Waals surface area contributed by atoms with E-state index in [1.54, 1.807) is 6.07 Å². The van der Waals surface area contributed by atoms with Crippen molar-refractivity contribution in [3.63, 3.8) is 0 Å². The molecule has 1 heterocycles. The summed E-state index contributed by atoms with van der Waals surface area (Å²) in [6.07, 6.45) is 0. The van der Waals surface area contributed by atoms with Crippen LogP contribution in [0.15, 0.2) is 48.5 Å². The average Bonchev–Trinajstić information content (AvgIpc) is 2.47. The third-order valence-corrected chi connectivity index (χ3v) is 3.58. The molecule has 0 aliphatic heterocycles. The van der Waals surface area contributed by atoms with Gasteiger partial charge in [-0.3, -0.25) is 4.98 Å². The lowest BCUT2D eigenvalue weighted by Crippen LogP contribution is -2.03. The van der Waals surface area contributed by atoms with Crippen LogP contribution in [0.4, 0.5) is 10.1 Å². The van der Waals surface area contributed by atoms with E-state index in [9.17, 15) is 4.39 Å². The third kappa shape index (κ3) is 2.87. The molecular formula is C18H17FN2. The van der Waals surface area contributed by atoms with Crippen LogP contribution in [0.25, 0.3) is 10.9 Å². The van der Waals surface area contributed by atoms with E-state index >= 15 is 0 Å². The van der Waals surface area contributed by atoms with Crippen molar-refractivity contribution in [3.05, 3.63) is 71.2 Å². The summed E-state index contributed by atoms with van der Waals surface area (Å²) in [6.45, 7) is 4.47. The second-order valence-electron chi connectivity index (χ2n) is 5.26. The highest BCUT2D eigenvalue weighted by Gasteiger charge is 2.05. The van der Waals surface area contributed by atoms with Gasteiger partial charge in [0.15, 0.2) is 0 Å². The number of benzene rings is 2. The Morgan fingerprint density at radius 1 is 1.05 bits per heavy atom. The lowest BCUT2D eigenvalue weighted by molar-refractivity contribution is 0.629. The number of nitrogens with zero attached hydrogens (tertiary/aromatic N) is 1. The highest BCUT2D eigenvalue weighted by Crippen LogP contribution is 2.21. The standard InChI is InChI=1S/C18H17FN2/c1-12-4-3-5-16(19)18(12)20-11-14-7-9-17-15(10-14)8-6-13(2)21-17/h3-10,20H,11H2,1-2H3. The smallest absolute Gasteiger partial charge is 0.146 e. The zero-order valence-corrected chi connectivity index (χ0v) is 12.2. The van der Waals surface area contributed by atoms with Gasteiger partial charge in [-0.2, -0.15) is 0 Å². The Kier molecular flexibility index (Phi) is 3.57. The molecule has 1 N–H and O–H groups in total. The minimum atomic E-state index is -0.215. The second-order valence-corrected chi connectivity index (χ2v) is 5.26. The maximum atomic E-state index is 13.8. The van der Waals surface area contributed by atoms with Gasteiger partial charge in [-0.05, 0) is 49.2 Å². The number of pyridine rings is 1. The summed E-state index contributed by atoms with van der Waals surface area (Å²) < 4.78 is 13.8. The van der Waals surface area contributed by atoms with Gasteiger partial charge in [0.1, 0.15) is 5.82 Å². The Morgan fingerprint density at radius 2 is 1.90 bits per heavy atom. The first kappa shape index (κ1) is 13.6. The number of aromatic nitrogens is 1. The molecule has 106 valence electrons. The molecule has 0 saturated carbocycles. The summed E-state index contributed by atoms with van der Waals surface area (Å²) in [5.41, 5.74) is 4.58. The first-order valence-corrected chi connectivity index (χ1v) is 6.99. The van der Waals surface area contributed by atoms with E-state index in [4.69, 9.17) is 0 Å². The first-order valence-electron chi connectivity index (χ1n) is 6.99. The molecule has 0 bridgehead atoms. The summed E-state index contributed by atoms with van der Waals surface area (Å²) >= 11 is 0. The molecule has 1 aromatic heterocycles. The normalized spacial score (nSPS) is 10.8. The Balaban J connectivity index is 1.84. The molecule has 21 heavy (non-hydrogen) atoms. The number of rotatable bonds is 3. The summed E-state index contributed by atoms with van der Waals surface area (Å²) in [4.78, 5) is 4.48. The molecule has 0 saturated heterocycles. The lowest BCUT2D eigenvalue weighted by Gasteiger charge is -2.11. The fraction of sp³-hybridized carbons (Fsp3) is 0.167. The topological polar surface area (TPSA) is 24.9 Å². The van der Waals surface area contributed by atoms with Crippen molar-refractivity contribution < 1.29 is 4.39 Å². The summed E-state index contributed by atoms with van der Waals surface area (Å²) in [5.74, 6) is -0.215. The van der Waals surface area contributed by atoms with Crippen molar-refractivity contribution in [1.29, 1.82) is 0 Å². The molecule has 0 unspecified atom stereocenters. The van der Waals surface area contributed by atoms with Crippen LogP contribution in [0.2, 0.25) is 0 Å². The van der Waals surface area contributed by atoms with Crippen LogP contribution in [0, 0.1) is 19.7 Å². The van der Waals surface area contributed by atoms with E-state index in [0.29, 0.717) is 12.2 Å². The van der Waals surface area contributed by atoms with Gasteiger partial charge in [0.05, 0.1) is 11.2 Å². The lowest BCUT2D eigenvalue weighted by atomic mass is 10.1. The van der Waals surface area contributed by atoms with Crippen LogP contribution in [0.3, 0.4) is 0 Å². The molecule has 2 aromatic carbocycles. The number of fused-ring (bicyclic) bond motifs is 1. The summed E-state index contributed by atoms with van der Waals surface area (Å²) in [5, 5.41) is 4.28. The van der Waals surface area contributed by atoms with Crippen molar-refractivity contribution in [2.24, 2.45) is 0 Å². The molecule has 3 rings (SSSR count). The Morgan fingerprint density at radius 3 is 2.71 bits per heavy atom. The van der Waals surface area contributed by atoms with Gasteiger partial charge in [0.2, 0.25) is 0 Å². The molecule has 0 aliphatic rings. The SMILES string of the molecule is Cc1ccc2cc(CNc3c(C)cccc3F)ccc2n1. The molecule has 0 radical (unpaired) electrons. The highest BCUT2D eigenvalue weighted by atomic mass is 19.1. The van der Waals surface area contributed by atoms with Crippen LogP contribution in [0.5, 0.6) is 0 Å². The summed E-state index contributed by atoms with van der Waals surface area (Å²) in [7, 11) is 0. The Labute approximate surface area is 123 Å². The van der Waals surface area contributed by atoms with Gasteiger partial charge in [-0.1, -0.05) is 24.3 Å². The van der Waals surface area contributed by atoms with Crippen molar-refractivity contribution in [2.75, 3.05) is 5.32 Å². The third-order valence-electron chi connectivity index (χ3n) is 3.58. The van der Waals surface area contributed by atoms with Crippen molar-refractivity contribution in [2.45, 2.75) is 20.4 Å². The van der Waals surface area contributed by atoms with Crippen LogP contribution >= 0.6 is 0 Å². The number of hydrogen-bond acceptors (Lipinski definition) is 2. The predicted octanol–water partition coefficient (Wildman–Crippen LogP) is 4.60. The minimum Gasteiger partial charge on any atom is -0.378 e. The fourth-order valence-electron chi connectivity index (χ4n) is 2.43. The minimum absolute atomic E-state index is 0.215. The van der Waals surface area contributed by atoms with Gasteiger partial charge < -0.3 is 5.32 Å². The average molecular weight is 280 g/mol. The molecule has 3 heteroatoms. The van der Waals surface area contributed by atoms with Crippen molar-refractivity contribution in [3.8, 4) is 0 Å². The molecule has 0 fully saturated rings. The zero-order valence-electron chi connectivity index (χ0n) is 12.2. The highest BCUT2D eigenvalue weighted by molar-refractivity contribution is 5.79. The zero-order chi connectivity index (χ0) is 14.8. The van der Waals surface area contributed by atoms with Crippen LogP contribution in [-0.4, -0.2) is 4.98 Å². The van der Waals surface area contributed by atoms with Crippen LogP contribution < -0.4 is 5.32 Å². The van der Waals surface area contributed by atoms with Crippen molar-refractivity contribution in [1.82, 2.24) is 4.98 Å². The van der Waals surface area contributed by atoms with Gasteiger partial charge in [0, 0.05) is 17.6 Å². The maximum Gasteiger partial charge on any atom is 0.146 e. The number of hydrogen-bond donors (Lipinski definition) is 1. The molecule has 0 atom stereocenters. The largest absolute Gasteiger partial charge is 0.378 e. The number of halogens is 1. The monoisotopic (exact) mass is 280 g/mol. The number of aryl methyl sites for hydroxylation is 2. The van der Waals surface area contributed by atoms with E-state index in [-0.39, 0.29) is 5.82 Å². The second kappa shape index (κ2) is 5.52. The van der Waals surface area contributed by atoms with Crippen LogP contribution in [-0.2, 0) is 6.54 Å². The predicted molar refractivity (Wildman–Crippen MR) is 84.9 cm³/mol. The van der Waals surface area contributed by atoms with E-state index in [1.807, 2.05) is 38.1 Å². The van der Waals surface area contributed by atoms with Gasteiger partial charge in [-0.15, -0.1) is 0 Å². The number of nitrogens with one attached hydrogen (secondary N) is 1. The maximum absolute atomic E-state index is 13.8. The van der Waals surface area contributed by atoms with Crippen LogP contribution in [0.1, 0.15) is 16.8 Å². The molecule has 0 spiro atoms. The number of anilines is 1. The molecule has 3 aromatic rings. The van der Waals surface area contributed by atoms with Gasteiger partial charge in [-0.25, -0.2) is 4.39 Å². The van der Waals surface area contributed by atoms with Gasteiger partial charge >= 0.3 is 0 Å².